The van der Waals surface area contributed by atoms with E-state index >= 15 is 0 Å². The van der Waals surface area contributed by atoms with Crippen LogP contribution >= 0.6 is 0 Å². The summed E-state index contributed by atoms with van der Waals surface area (Å²) in [6.07, 6.45) is 1.28. The molecule has 1 saturated heterocycles. The molecular weight excluding hydrogens is 262 g/mol. The summed E-state index contributed by atoms with van der Waals surface area (Å²) in [5, 5.41) is 6.73. The Hall–Kier alpha value is -1.36. The van der Waals surface area contributed by atoms with Crippen LogP contribution in [-0.4, -0.2) is 48.1 Å². The van der Waals surface area contributed by atoms with Gasteiger partial charge in [-0.2, -0.15) is 0 Å². The number of nitrogens with one attached hydrogen (secondary N) is 2. The van der Waals surface area contributed by atoms with Gasteiger partial charge in [0, 0.05) is 31.6 Å². The molecule has 0 bridgehead atoms. The third kappa shape index (κ3) is 3.84. The van der Waals surface area contributed by atoms with E-state index in [-0.39, 0.29) is 0 Å². The number of hydrogen-bond donors (Lipinski definition) is 2. The summed E-state index contributed by atoms with van der Waals surface area (Å²) in [4.78, 5) is 11.8. The Morgan fingerprint density at radius 2 is 2.00 bits per heavy atom. The van der Waals surface area contributed by atoms with Crippen molar-refractivity contribution in [1.82, 2.24) is 14.9 Å². The predicted octanol–water partition coefficient (Wildman–Crippen LogP) is 2.70. The van der Waals surface area contributed by atoms with E-state index in [0.29, 0.717) is 5.92 Å². The molecule has 2 heterocycles. The van der Waals surface area contributed by atoms with Gasteiger partial charge >= 0.3 is 0 Å². The van der Waals surface area contributed by atoms with Crippen molar-refractivity contribution in [3.63, 3.8) is 0 Å². The third-order valence-corrected chi connectivity index (χ3v) is 4.29. The molecule has 0 aromatic carbocycles. The van der Waals surface area contributed by atoms with Crippen LogP contribution in [0.4, 0.5) is 11.6 Å². The molecular formula is C16H29N5. The number of likely N-dealkylation sites (tertiary alicyclic amines) is 1. The van der Waals surface area contributed by atoms with Gasteiger partial charge in [-0.1, -0.05) is 20.8 Å². The number of aromatic nitrogens is 2. The second-order valence-electron chi connectivity index (χ2n) is 6.24. The molecule has 1 atom stereocenters. The highest BCUT2D eigenvalue weighted by atomic mass is 15.2. The van der Waals surface area contributed by atoms with Gasteiger partial charge in [-0.15, -0.1) is 0 Å². The molecule has 5 nitrogen and oxygen atoms in total. The number of nitrogens with zero attached hydrogens (tertiary/aromatic N) is 3. The molecule has 0 saturated carbocycles. The Bertz CT molecular complexity index is 472. The van der Waals surface area contributed by atoms with Crippen LogP contribution in [0.25, 0.3) is 0 Å². The van der Waals surface area contributed by atoms with Crippen LogP contribution in [0.2, 0.25) is 0 Å². The van der Waals surface area contributed by atoms with Crippen LogP contribution in [0.3, 0.4) is 0 Å². The SMILES string of the molecule is CCN1CCC(CNc2nc(C(C)C)nc(NC)c2C)C1. The van der Waals surface area contributed by atoms with Crippen molar-refractivity contribution >= 4 is 11.6 Å². The van der Waals surface area contributed by atoms with Crippen LogP contribution in [0.5, 0.6) is 0 Å². The van der Waals surface area contributed by atoms with Crippen LogP contribution < -0.4 is 10.6 Å². The van der Waals surface area contributed by atoms with E-state index in [1.165, 1.54) is 19.5 Å². The minimum Gasteiger partial charge on any atom is -0.373 e. The zero-order valence-corrected chi connectivity index (χ0v) is 14.0. The first-order valence-electron chi connectivity index (χ1n) is 8.07. The molecule has 0 aliphatic carbocycles. The molecule has 0 radical (unpaired) electrons. The summed E-state index contributed by atoms with van der Waals surface area (Å²) >= 11 is 0. The molecule has 0 spiro atoms. The molecule has 0 amide bonds. The Labute approximate surface area is 128 Å². The summed E-state index contributed by atoms with van der Waals surface area (Å²) in [6, 6.07) is 0. The highest BCUT2D eigenvalue weighted by Crippen LogP contribution is 2.24. The molecule has 118 valence electrons. The van der Waals surface area contributed by atoms with E-state index in [2.05, 4.69) is 48.2 Å². The molecule has 1 aliphatic rings. The predicted molar refractivity (Wildman–Crippen MR) is 89.1 cm³/mol. The number of hydrogen-bond acceptors (Lipinski definition) is 5. The molecule has 1 unspecified atom stereocenters. The first kappa shape index (κ1) is 16.0. The van der Waals surface area contributed by atoms with Crippen molar-refractivity contribution in [1.29, 1.82) is 0 Å². The zero-order valence-electron chi connectivity index (χ0n) is 14.0. The van der Waals surface area contributed by atoms with Crippen molar-refractivity contribution in [2.45, 2.75) is 40.0 Å². The first-order valence-corrected chi connectivity index (χ1v) is 8.07. The lowest BCUT2D eigenvalue weighted by Crippen LogP contribution is -2.23. The fourth-order valence-electron chi connectivity index (χ4n) is 2.82. The molecule has 1 aromatic rings. The van der Waals surface area contributed by atoms with Gasteiger partial charge in [-0.05, 0) is 32.4 Å². The van der Waals surface area contributed by atoms with Gasteiger partial charge in [0.15, 0.2) is 0 Å². The maximum atomic E-state index is 4.70. The molecule has 2 rings (SSSR count). The lowest BCUT2D eigenvalue weighted by molar-refractivity contribution is 0.345. The monoisotopic (exact) mass is 291 g/mol. The van der Waals surface area contributed by atoms with Crippen LogP contribution in [0, 0.1) is 12.8 Å². The second kappa shape index (κ2) is 7.07. The van der Waals surface area contributed by atoms with Gasteiger partial charge in [0.25, 0.3) is 0 Å². The van der Waals surface area contributed by atoms with Crippen LogP contribution in [0.15, 0.2) is 0 Å². The lowest BCUT2D eigenvalue weighted by Gasteiger charge is -2.17. The van der Waals surface area contributed by atoms with E-state index in [1.54, 1.807) is 0 Å². The molecule has 1 aliphatic heterocycles. The van der Waals surface area contributed by atoms with Crippen molar-refractivity contribution in [2.75, 3.05) is 43.9 Å². The summed E-state index contributed by atoms with van der Waals surface area (Å²) in [6.45, 7) is 13.1. The van der Waals surface area contributed by atoms with Crippen molar-refractivity contribution < 1.29 is 0 Å². The average Bonchev–Trinajstić information content (AvgIpc) is 2.94. The Kier molecular flexibility index (Phi) is 5.39. The van der Waals surface area contributed by atoms with Crippen molar-refractivity contribution in [2.24, 2.45) is 5.92 Å². The van der Waals surface area contributed by atoms with Gasteiger partial charge in [-0.25, -0.2) is 9.97 Å². The van der Waals surface area contributed by atoms with Gasteiger partial charge < -0.3 is 15.5 Å². The standard InChI is InChI=1S/C16H29N5/c1-6-21-8-7-13(10-21)9-18-16-12(4)15(17-5)19-14(20-16)11(2)3/h11,13H,6-10H2,1-5H3,(H2,17,18,19,20). The fraction of sp³-hybridized carbons (Fsp3) is 0.750. The highest BCUT2D eigenvalue weighted by molar-refractivity contribution is 5.57. The molecule has 21 heavy (non-hydrogen) atoms. The maximum absolute atomic E-state index is 4.70. The Morgan fingerprint density at radius 3 is 2.57 bits per heavy atom. The quantitative estimate of drug-likeness (QED) is 0.844. The van der Waals surface area contributed by atoms with E-state index in [4.69, 9.17) is 4.98 Å². The second-order valence-corrected chi connectivity index (χ2v) is 6.24. The van der Waals surface area contributed by atoms with Gasteiger partial charge in [0.05, 0.1) is 0 Å². The van der Waals surface area contributed by atoms with Crippen LogP contribution in [0.1, 0.15) is 44.5 Å². The lowest BCUT2D eigenvalue weighted by atomic mass is 10.1. The third-order valence-electron chi connectivity index (χ3n) is 4.29. The summed E-state index contributed by atoms with van der Waals surface area (Å²) in [5.41, 5.74) is 1.10. The smallest absolute Gasteiger partial charge is 0.135 e. The topological polar surface area (TPSA) is 53.1 Å². The van der Waals surface area contributed by atoms with E-state index in [9.17, 15) is 0 Å². The molecule has 1 aromatic heterocycles. The number of rotatable bonds is 6. The number of anilines is 2. The van der Waals surface area contributed by atoms with E-state index in [1.807, 2.05) is 7.05 Å². The zero-order chi connectivity index (χ0) is 15.4. The highest BCUT2D eigenvalue weighted by Gasteiger charge is 2.21. The Morgan fingerprint density at radius 1 is 1.29 bits per heavy atom. The fourth-order valence-corrected chi connectivity index (χ4v) is 2.82. The molecule has 5 heteroatoms. The summed E-state index contributed by atoms with van der Waals surface area (Å²) in [5.74, 6) is 3.86. The first-order chi connectivity index (χ1) is 10.0. The Balaban J connectivity index is 2.06. The van der Waals surface area contributed by atoms with E-state index in [0.717, 1.165) is 42.0 Å². The largest absolute Gasteiger partial charge is 0.373 e. The minimum absolute atomic E-state index is 0.334. The maximum Gasteiger partial charge on any atom is 0.135 e. The minimum atomic E-state index is 0.334. The average molecular weight is 291 g/mol. The normalized spacial score (nSPS) is 19.2. The molecule has 1 fully saturated rings. The van der Waals surface area contributed by atoms with Crippen molar-refractivity contribution in [3.05, 3.63) is 11.4 Å². The molecule has 2 N–H and O–H groups in total. The van der Waals surface area contributed by atoms with Gasteiger partial charge in [0.2, 0.25) is 0 Å². The van der Waals surface area contributed by atoms with Crippen molar-refractivity contribution in [3.8, 4) is 0 Å². The van der Waals surface area contributed by atoms with E-state index < -0.39 is 0 Å². The summed E-state index contributed by atoms with van der Waals surface area (Å²) in [7, 11) is 1.92. The van der Waals surface area contributed by atoms with Gasteiger partial charge in [0.1, 0.15) is 17.5 Å². The van der Waals surface area contributed by atoms with Gasteiger partial charge in [-0.3, -0.25) is 0 Å². The van der Waals surface area contributed by atoms with Crippen LogP contribution in [-0.2, 0) is 0 Å². The summed E-state index contributed by atoms with van der Waals surface area (Å²) < 4.78 is 0.